The van der Waals surface area contributed by atoms with Gasteiger partial charge in [0.1, 0.15) is 25.3 Å². The van der Waals surface area contributed by atoms with E-state index >= 15 is 0 Å². The van der Waals surface area contributed by atoms with Gasteiger partial charge in [-0.3, -0.25) is 4.79 Å². The van der Waals surface area contributed by atoms with E-state index < -0.39 is 32.1 Å². The van der Waals surface area contributed by atoms with Gasteiger partial charge in [-0.2, -0.15) is 9.03 Å². The summed E-state index contributed by atoms with van der Waals surface area (Å²) in [6.45, 7) is 2.80. The molecule has 2 aromatic heterocycles. The molecule has 0 amide bonds. The van der Waals surface area contributed by atoms with Gasteiger partial charge in [-0.15, -0.1) is 11.3 Å². The van der Waals surface area contributed by atoms with Crippen molar-refractivity contribution < 1.29 is 26.7 Å². The summed E-state index contributed by atoms with van der Waals surface area (Å²) in [5.74, 6) is 0.664. The first-order chi connectivity index (χ1) is 23.8. The average molecular weight is 895 g/mol. The molecule has 2 aliphatic rings. The SMILES string of the molecule is O=C(O)C(Cc1ccccc1)NS(=O)(=O)c1cnc(N2CCC(CCCCCCC3CCN(S(=O)(=O)c4cc(Br)c(Cl)s4)CC3)CC2)c(Br)c1. The molecule has 1 aromatic carbocycles. The molecule has 16 heteroatoms. The number of nitrogens with one attached hydrogen (secondary N) is 1. The molecule has 0 aliphatic carbocycles. The number of piperidine rings is 2. The molecule has 2 saturated heterocycles. The molecule has 0 spiro atoms. The van der Waals surface area contributed by atoms with Crippen LogP contribution < -0.4 is 9.62 Å². The van der Waals surface area contributed by atoms with Crippen LogP contribution in [0.4, 0.5) is 5.82 Å². The Kier molecular flexibility index (Phi) is 14.2. The number of halogens is 3. The Labute approximate surface area is 321 Å². The number of nitrogens with zero attached hydrogens (tertiary/aromatic N) is 3. The fraction of sp³-hybridized carbons (Fsp3) is 0.529. The zero-order valence-corrected chi connectivity index (χ0v) is 34.0. The van der Waals surface area contributed by atoms with Crippen LogP contribution in [0.2, 0.25) is 4.34 Å². The third kappa shape index (κ3) is 10.5. The summed E-state index contributed by atoms with van der Waals surface area (Å²) in [7, 11) is -7.60. The van der Waals surface area contributed by atoms with Crippen LogP contribution in [0.25, 0.3) is 0 Å². The van der Waals surface area contributed by atoms with Gasteiger partial charge in [-0.25, -0.2) is 21.8 Å². The van der Waals surface area contributed by atoms with Crippen LogP contribution in [0.5, 0.6) is 0 Å². The number of carbonyl (C=O) groups is 1. The lowest BCUT2D eigenvalue weighted by Crippen LogP contribution is -2.42. The highest BCUT2D eigenvalue weighted by Crippen LogP contribution is 2.37. The van der Waals surface area contributed by atoms with Gasteiger partial charge in [0, 0.05) is 36.8 Å². The van der Waals surface area contributed by atoms with Crippen molar-refractivity contribution in [3.05, 3.63) is 67.5 Å². The number of aromatic nitrogens is 1. The number of benzene rings is 1. The molecule has 5 rings (SSSR count). The van der Waals surface area contributed by atoms with Crippen LogP contribution in [-0.2, 0) is 31.3 Å². The molecule has 274 valence electrons. The van der Waals surface area contributed by atoms with E-state index in [1.165, 1.54) is 44.4 Å². The topological polar surface area (TPSA) is 137 Å². The summed E-state index contributed by atoms with van der Waals surface area (Å²) in [6, 6.07) is 10.7. The summed E-state index contributed by atoms with van der Waals surface area (Å²) in [5.41, 5.74) is 0.719. The molecule has 50 heavy (non-hydrogen) atoms. The monoisotopic (exact) mass is 892 g/mol. The number of hydrogen-bond donors (Lipinski definition) is 2. The largest absolute Gasteiger partial charge is 0.480 e. The van der Waals surface area contributed by atoms with E-state index in [1.54, 1.807) is 34.6 Å². The summed E-state index contributed by atoms with van der Waals surface area (Å²) in [6.07, 6.45) is 12.3. The van der Waals surface area contributed by atoms with Gasteiger partial charge >= 0.3 is 5.97 Å². The summed E-state index contributed by atoms with van der Waals surface area (Å²) in [4.78, 5) is 18.4. The number of pyridine rings is 1. The highest BCUT2D eigenvalue weighted by atomic mass is 79.9. The average Bonchev–Trinajstić information content (AvgIpc) is 3.45. The maximum Gasteiger partial charge on any atom is 0.322 e. The number of aliphatic carboxylic acids is 1. The van der Waals surface area contributed by atoms with Crippen LogP contribution in [0.1, 0.15) is 69.8 Å². The number of unbranched alkanes of at least 4 members (excludes halogenated alkanes) is 3. The first-order valence-corrected chi connectivity index (χ1v) is 22.7. The molecular formula is C34H43Br2ClN4O6S3. The van der Waals surface area contributed by atoms with E-state index in [0.29, 0.717) is 48.2 Å². The molecule has 4 heterocycles. The van der Waals surface area contributed by atoms with Gasteiger partial charge in [-0.05, 0) is 93.5 Å². The number of carboxylic acid groups (broad SMARTS) is 1. The number of hydrogen-bond acceptors (Lipinski definition) is 8. The standard InChI is InChI=1S/C34H43Br2ClN4O6S3/c35-28-22-31(48-32(28)37)50(46,47)41-18-14-25(15-19-41)9-5-2-1-4-8-24-12-16-40(17-13-24)33-29(36)21-27(23-38-33)49(44,45)39-30(34(42)43)20-26-10-6-3-7-11-26/h3,6-7,10-11,21-25,30,39H,1-2,4-5,8-9,12-20H2,(H,42,43). The summed E-state index contributed by atoms with van der Waals surface area (Å²) in [5, 5.41) is 9.66. The van der Waals surface area contributed by atoms with Crippen LogP contribution in [-0.4, -0.2) is 69.4 Å². The second-order valence-electron chi connectivity index (χ2n) is 13.1. The lowest BCUT2D eigenvalue weighted by atomic mass is 9.89. The van der Waals surface area contributed by atoms with Crippen LogP contribution in [0.15, 0.2) is 66.7 Å². The Balaban J connectivity index is 0.985. The molecular weight excluding hydrogens is 852 g/mol. The van der Waals surface area contributed by atoms with E-state index in [9.17, 15) is 26.7 Å². The first-order valence-electron chi connectivity index (χ1n) is 17.0. The quantitative estimate of drug-likeness (QED) is 0.138. The Morgan fingerprint density at radius 1 is 0.920 bits per heavy atom. The van der Waals surface area contributed by atoms with Gasteiger partial charge in [0.25, 0.3) is 10.0 Å². The van der Waals surface area contributed by atoms with Crippen molar-refractivity contribution in [1.29, 1.82) is 0 Å². The van der Waals surface area contributed by atoms with E-state index in [0.717, 1.165) is 62.1 Å². The smallest absolute Gasteiger partial charge is 0.322 e. The van der Waals surface area contributed by atoms with Gasteiger partial charge in [0.05, 0.1) is 4.47 Å². The third-order valence-corrected chi connectivity index (χ3v) is 16.5. The molecule has 2 aliphatic heterocycles. The second kappa shape index (κ2) is 18.0. The van der Waals surface area contributed by atoms with Gasteiger partial charge in [-0.1, -0.05) is 80.5 Å². The number of rotatable bonds is 16. The van der Waals surface area contributed by atoms with Crippen molar-refractivity contribution in [3.8, 4) is 0 Å². The molecule has 2 N–H and O–H groups in total. The Hall–Kier alpha value is -1.59. The Bertz CT molecular complexity index is 1800. The minimum Gasteiger partial charge on any atom is -0.480 e. The predicted octanol–water partition coefficient (Wildman–Crippen LogP) is 7.95. The normalized spacial score (nSPS) is 17.6. The van der Waals surface area contributed by atoms with Crippen LogP contribution in [0.3, 0.4) is 0 Å². The van der Waals surface area contributed by atoms with Crippen molar-refractivity contribution >= 4 is 86.6 Å². The maximum atomic E-state index is 13.1. The zero-order chi connectivity index (χ0) is 35.9. The predicted molar refractivity (Wildman–Crippen MR) is 205 cm³/mol. The lowest BCUT2D eigenvalue weighted by molar-refractivity contribution is -0.138. The molecule has 0 radical (unpaired) electrons. The molecule has 0 saturated carbocycles. The van der Waals surface area contributed by atoms with Crippen molar-refractivity contribution in [2.75, 3.05) is 31.1 Å². The molecule has 1 unspecified atom stereocenters. The van der Waals surface area contributed by atoms with Crippen molar-refractivity contribution in [3.63, 3.8) is 0 Å². The molecule has 3 aromatic rings. The lowest BCUT2D eigenvalue weighted by Gasteiger charge is -2.33. The fourth-order valence-electron chi connectivity index (χ4n) is 6.75. The van der Waals surface area contributed by atoms with Crippen molar-refractivity contribution in [2.24, 2.45) is 11.8 Å². The van der Waals surface area contributed by atoms with Gasteiger partial charge < -0.3 is 10.0 Å². The van der Waals surface area contributed by atoms with E-state index in [1.807, 2.05) is 6.07 Å². The molecule has 1 atom stereocenters. The van der Waals surface area contributed by atoms with Crippen LogP contribution >= 0.6 is 54.8 Å². The van der Waals surface area contributed by atoms with Crippen molar-refractivity contribution in [2.45, 2.75) is 85.8 Å². The second-order valence-corrected chi connectivity index (χ2v) is 20.4. The molecule has 10 nitrogen and oxygen atoms in total. The first kappa shape index (κ1) is 39.6. The molecule has 2 fully saturated rings. The highest BCUT2D eigenvalue weighted by molar-refractivity contribution is 9.11. The van der Waals surface area contributed by atoms with Gasteiger partial charge in [0.15, 0.2) is 0 Å². The minimum absolute atomic E-state index is 0.0266. The fourth-order valence-corrected chi connectivity index (χ4v) is 12.6. The number of sulfonamides is 2. The van der Waals surface area contributed by atoms with E-state index in [2.05, 4.69) is 46.5 Å². The third-order valence-electron chi connectivity index (χ3n) is 9.66. The van der Waals surface area contributed by atoms with Crippen LogP contribution in [0, 0.1) is 11.8 Å². The Morgan fingerprint density at radius 3 is 2.06 bits per heavy atom. The minimum atomic E-state index is -4.12. The van der Waals surface area contributed by atoms with E-state index in [4.69, 9.17) is 11.6 Å². The Morgan fingerprint density at radius 2 is 1.52 bits per heavy atom. The number of anilines is 1. The molecule has 0 bridgehead atoms. The number of carboxylic acids is 1. The number of thiophene rings is 1. The zero-order valence-electron chi connectivity index (χ0n) is 27.6. The van der Waals surface area contributed by atoms with Crippen molar-refractivity contribution in [1.82, 2.24) is 14.0 Å². The van der Waals surface area contributed by atoms with E-state index in [-0.39, 0.29) is 11.3 Å². The summed E-state index contributed by atoms with van der Waals surface area (Å²) >= 11 is 14.0. The van der Waals surface area contributed by atoms with Gasteiger partial charge in [0.2, 0.25) is 10.0 Å². The summed E-state index contributed by atoms with van der Waals surface area (Å²) < 4.78 is 58.0. The maximum absolute atomic E-state index is 13.1. The highest BCUT2D eigenvalue weighted by Gasteiger charge is 2.31.